The summed E-state index contributed by atoms with van der Waals surface area (Å²) in [5.74, 6) is -0.0567. The highest BCUT2D eigenvalue weighted by atomic mass is 16.2. The molecular weight excluding hydrogens is 360 g/mol. The number of hydrogen-bond donors (Lipinski definition) is 1. The smallest absolute Gasteiger partial charge is 0.244 e. The van der Waals surface area contributed by atoms with Gasteiger partial charge in [-0.2, -0.15) is 0 Å². The van der Waals surface area contributed by atoms with Crippen molar-refractivity contribution < 1.29 is 9.59 Å². The highest BCUT2D eigenvalue weighted by Gasteiger charge is 2.26. The highest BCUT2D eigenvalue weighted by molar-refractivity contribution is 6.10. The fourth-order valence-electron chi connectivity index (χ4n) is 3.64. The Balaban J connectivity index is 1.66. The number of rotatable bonds is 4. The summed E-state index contributed by atoms with van der Waals surface area (Å²) in [6.07, 6.45) is 1.81. The molecule has 1 N–H and O–H groups in total. The fraction of sp³-hybridized carbons (Fsp3) is 0.200. The molecule has 0 bridgehead atoms. The van der Waals surface area contributed by atoms with Gasteiger partial charge in [-0.3, -0.25) is 9.59 Å². The van der Waals surface area contributed by atoms with Gasteiger partial charge in [0.2, 0.25) is 5.91 Å². The second-order valence-corrected chi connectivity index (χ2v) is 8.34. The minimum absolute atomic E-state index is 0.0712. The van der Waals surface area contributed by atoms with E-state index in [1.54, 1.807) is 6.20 Å². The zero-order chi connectivity index (χ0) is 20.6. The third-order valence-corrected chi connectivity index (χ3v) is 5.09. The molecule has 4 aromatic rings. The van der Waals surface area contributed by atoms with Gasteiger partial charge in [0.05, 0.1) is 0 Å². The number of benzene rings is 3. The van der Waals surface area contributed by atoms with Crippen LogP contribution in [0.25, 0.3) is 21.7 Å². The van der Waals surface area contributed by atoms with E-state index in [2.05, 4.69) is 5.32 Å². The Morgan fingerprint density at radius 1 is 0.862 bits per heavy atom. The van der Waals surface area contributed by atoms with E-state index in [4.69, 9.17) is 0 Å². The van der Waals surface area contributed by atoms with Crippen molar-refractivity contribution in [1.29, 1.82) is 0 Å². The van der Waals surface area contributed by atoms with Crippen molar-refractivity contribution in [2.45, 2.75) is 27.3 Å². The van der Waals surface area contributed by atoms with Gasteiger partial charge in [-0.15, -0.1) is 0 Å². The second kappa shape index (κ2) is 7.21. The van der Waals surface area contributed by atoms with Gasteiger partial charge in [0.25, 0.3) is 0 Å². The number of nitrogens with one attached hydrogen (secondary N) is 1. The van der Waals surface area contributed by atoms with Crippen LogP contribution in [0.4, 0.5) is 5.69 Å². The quantitative estimate of drug-likeness (QED) is 0.461. The van der Waals surface area contributed by atoms with Crippen molar-refractivity contribution in [3.63, 3.8) is 0 Å². The third-order valence-electron chi connectivity index (χ3n) is 5.09. The summed E-state index contributed by atoms with van der Waals surface area (Å²) in [6, 6.07) is 21.5. The summed E-state index contributed by atoms with van der Waals surface area (Å²) < 4.78 is 1.86. The van der Waals surface area contributed by atoms with Gasteiger partial charge < -0.3 is 9.88 Å². The minimum Gasteiger partial charge on any atom is -0.337 e. The molecule has 0 atom stereocenters. The predicted octanol–water partition coefficient (Wildman–Crippen LogP) is 5.66. The summed E-state index contributed by atoms with van der Waals surface area (Å²) in [6.45, 7) is 5.87. The van der Waals surface area contributed by atoms with E-state index in [9.17, 15) is 9.59 Å². The normalized spacial score (nSPS) is 11.7. The third kappa shape index (κ3) is 3.66. The van der Waals surface area contributed by atoms with Crippen LogP contribution in [0.3, 0.4) is 0 Å². The van der Waals surface area contributed by atoms with Crippen LogP contribution in [0.1, 0.15) is 31.1 Å². The zero-order valence-corrected chi connectivity index (χ0v) is 16.9. The molecular formula is C25H24N2O2. The fourth-order valence-corrected chi connectivity index (χ4v) is 3.64. The molecule has 0 aliphatic rings. The number of fused-ring (bicyclic) bond motifs is 2. The molecule has 1 amide bonds. The summed E-state index contributed by atoms with van der Waals surface area (Å²) in [4.78, 5) is 25.7. The van der Waals surface area contributed by atoms with E-state index in [1.807, 2.05) is 92.1 Å². The number of para-hydroxylation sites is 1. The molecule has 1 aromatic heterocycles. The van der Waals surface area contributed by atoms with Crippen molar-refractivity contribution in [3.05, 3.63) is 78.5 Å². The Hall–Kier alpha value is -3.40. The molecule has 0 spiro atoms. The molecule has 4 heteroatoms. The van der Waals surface area contributed by atoms with Crippen molar-refractivity contribution in [2.24, 2.45) is 5.41 Å². The first-order valence-electron chi connectivity index (χ1n) is 9.75. The van der Waals surface area contributed by atoms with Crippen LogP contribution in [0.5, 0.6) is 0 Å². The average molecular weight is 384 g/mol. The lowest BCUT2D eigenvalue weighted by Gasteiger charge is -2.15. The van der Waals surface area contributed by atoms with Crippen molar-refractivity contribution >= 4 is 39.1 Å². The van der Waals surface area contributed by atoms with Gasteiger partial charge in [-0.1, -0.05) is 75.4 Å². The summed E-state index contributed by atoms with van der Waals surface area (Å²) in [5, 5.41) is 5.98. The Labute approximate surface area is 170 Å². The number of aromatic nitrogens is 1. The van der Waals surface area contributed by atoms with Crippen LogP contribution in [-0.2, 0) is 11.3 Å². The van der Waals surface area contributed by atoms with E-state index in [0.29, 0.717) is 5.56 Å². The number of carbonyl (C=O) groups excluding carboxylic acids is 2. The van der Waals surface area contributed by atoms with Crippen LogP contribution in [-0.4, -0.2) is 16.3 Å². The molecule has 4 nitrogen and oxygen atoms in total. The Morgan fingerprint density at radius 3 is 2.28 bits per heavy atom. The Morgan fingerprint density at radius 2 is 1.52 bits per heavy atom. The topological polar surface area (TPSA) is 51.1 Å². The molecule has 146 valence electrons. The molecule has 0 unspecified atom stereocenters. The lowest BCUT2D eigenvalue weighted by atomic mass is 9.86. The Kier molecular flexibility index (Phi) is 4.71. The number of ketones is 1. The number of nitrogens with zero attached hydrogens (tertiary/aromatic N) is 1. The maximum Gasteiger partial charge on any atom is 0.244 e. The van der Waals surface area contributed by atoms with Crippen LogP contribution in [0.15, 0.2) is 72.9 Å². The molecule has 0 saturated heterocycles. The summed E-state index contributed by atoms with van der Waals surface area (Å²) in [5.41, 5.74) is 1.84. The molecule has 0 aliphatic carbocycles. The van der Waals surface area contributed by atoms with Gasteiger partial charge in [0, 0.05) is 39.2 Å². The van der Waals surface area contributed by atoms with Crippen LogP contribution in [0, 0.1) is 5.41 Å². The molecule has 3 aromatic carbocycles. The minimum atomic E-state index is -0.486. The molecule has 0 aliphatic heterocycles. The van der Waals surface area contributed by atoms with Gasteiger partial charge in [0.1, 0.15) is 6.54 Å². The summed E-state index contributed by atoms with van der Waals surface area (Å²) in [7, 11) is 0. The maximum atomic E-state index is 12.9. The number of hydrogen-bond acceptors (Lipinski definition) is 2. The largest absolute Gasteiger partial charge is 0.337 e. The highest BCUT2D eigenvalue weighted by Crippen LogP contribution is 2.29. The number of Topliss-reactive ketones (excluding diaryl/α,β-unsaturated/α-hetero) is 1. The van der Waals surface area contributed by atoms with E-state index < -0.39 is 5.41 Å². The monoisotopic (exact) mass is 384 g/mol. The van der Waals surface area contributed by atoms with Gasteiger partial charge in [0.15, 0.2) is 5.78 Å². The number of carbonyl (C=O) groups is 2. The average Bonchev–Trinajstić information content (AvgIpc) is 3.05. The summed E-state index contributed by atoms with van der Waals surface area (Å²) >= 11 is 0. The first kappa shape index (κ1) is 18.9. The van der Waals surface area contributed by atoms with Crippen molar-refractivity contribution in [1.82, 2.24) is 4.57 Å². The second-order valence-electron chi connectivity index (χ2n) is 8.34. The molecule has 29 heavy (non-hydrogen) atoms. The van der Waals surface area contributed by atoms with Gasteiger partial charge in [-0.05, 0) is 17.5 Å². The van der Waals surface area contributed by atoms with Crippen LogP contribution >= 0.6 is 0 Å². The molecule has 4 rings (SSSR count). The standard InChI is InChI=1S/C25H24N2O2/c1-25(2,3)24(29)20-15-27(22-14-7-6-12-19(20)22)16-23(28)26-21-13-8-10-17-9-4-5-11-18(17)21/h4-15H,16H2,1-3H3,(H,26,28). The van der Waals surface area contributed by atoms with Crippen molar-refractivity contribution in [2.75, 3.05) is 5.32 Å². The van der Waals surface area contributed by atoms with E-state index >= 15 is 0 Å². The Bertz CT molecular complexity index is 1220. The zero-order valence-electron chi connectivity index (χ0n) is 16.9. The number of anilines is 1. The van der Waals surface area contributed by atoms with E-state index in [1.165, 1.54) is 0 Å². The van der Waals surface area contributed by atoms with Crippen molar-refractivity contribution in [3.8, 4) is 0 Å². The van der Waals surface area contributed by atoms with E-state index in [0.717, 1.165) is 27.4 Å². The molecule has 0 saturated carbocycles. The van der Waals surface area contributed by atoms with Crippen LogP contribution in [0.2, 0.25) is 0 Å². The first-order valence-corrected chi connectivity index (χ1v) is 9.75. The number of amides is 1. The SMILES string of the molecule is CC(C)(C)C(=O)c1cn(CC(=O)Nc2cccc3ccccc23)c2ccccc12. The lowest BCUT2D eigenvalue weighted by molar-refractivity contribution is -0.116. The molecule has 1 heterocycles. The molecule has 0 radical (unpaired) electrons. The molecule has 0 fully saturated rings. The first-order chi connectivity index (χ1) is 13.8. The maximum absolute atomic E-state index is 12.9. The van der Waals surface area contributed by atoms with Crippen LogP contribution < -0.4 is 5.32 Å². The lowest BCUT2D eigenvalue weighted by Crippen LogP contribution is -2.20. The predicted molar refractivity (Wildman–Crippen MR) is 118 cm³/mol. The van der Waals surface area contributed by atoms with Gasteiger partial charge in [-0.25, -0.2) is 0 Å². The van der Waals surface area contributed by atoms with E-state index in [-0.39, 0.29) is 18.2 Å². The van der Waals surface area contributed by atoms with Gasteiger partial charge >= 0.3 is 0 Å².